The van der Waals surface area contributed by atoms with Gasteiger partial charge < -0.3 is 10.4 Å². The lowest BCUT2D eigenvalue weighted by atomic mass is 10.2. The van der Waals surface area contributed by atoms with Gasteiger partial charge in [0.15, 0.2) is 0 Å². The van der Waals surface area contributed by atoms with Crippen molar-refractivity contribution in [3.63, 3.8) is 0 Å². The van der Waals surface area contributed by atoms with Crippen LogP contribution in [0.25, 0.3) is 0 Å². The second kappa shape index (κ2) is 5.90. The van der Waals surface area contributed by atoms with Crippen LogP contribution in [-0.2, 0) is 0 Å². The topological polar surface area (TPSA) is 86.0 Å². The third-order valence-corrected chi connectivity index (χ3v) is 3.31. The molecule has 1 heterocycles. The monoisotopic (exact) mass is 351 g/mol. The maximum Gasteiger partial charge on any atom is 0.339 e. The minimum atomic E-state index is -1.11. The Bertz CT molecular complexity index is 728. The van der Waals surface area contributed by atoms with Gasteiger partial charge in [0.05, 0.1) is 17.3 Å². The lowest BCUT2D eigenvalue weighted by Gasteiger charge is -2.10. The number of halogens is 2. The van der Waals surface area contributed by atoms with Crippen LogP contribution in [0.4, 0.5) is 11.5 Å². The zero-order chi connectivity index (χ0) is 14.7. The summed E-state index contributed by atoms with van der Waals surface area (Å²) in [4.78, 5) is 15.1. The van der Waals surface area contributed by atoms with Crippen molar-refractivity contribution in [1.82, 2.24) is 4.98 Å². The van der Waals surface area contributed by atoms with Crippen molar-refractivity contribution in [2.75, 3.05) is 5.32 Å². The van der Waals surface area contributed by atoms with Crippen molar-refractivity contribution in [2.45, 2.75) is 0 Å². The van der Waals surface area contributed by atoms with Crippen molar-refractivity contribution in [2.24, 2.45) is 0 Å². The summed E-state index contributed by atoms with van der Waals surface area (Å²) < 4.78 is 0.620. The maximum absolute atomic E-state index is 11.1. The third kappa shape index (κ3) is 3.07. The summed E-state index contributed by atoms with van der Waals surface area (Å²) in [5, 5.41) is 21.0. The lowest BCUT2D eigenvalue weighted by Crippen LogP contribution is -2.05. The molecule has 0 spiro atoms. The molecule has 0 radical (unpaired) electrons. The van der Waals surface area contributed by atoms with E-state index in [2.05, 4.69) is 26.2 Å². The minimum absolute atomic E-state index is 0.00524. The van der Waals surface area contributed by atoms with Crippen LogP contribution in [0.15, 0.2) is 34.8 Å². The molecule has 0 amide bonds. The van der Waals surface area contributed by atoms with Gasteiger partial charge in [0, 0.05) is 4.47 Å². The molecule has 100 valence electrons. The number of benzene rings is 1. The zero-order valence-corrected chi connectivity index (χ0v) is 12.2. The minimum Gasteiger partial charge on any atom is -0.478 e. The number of hydrogen-bond donors (Lipinski definition) is 2. The molecule has 0 aliphatic heterocycles. The number of nitrogens with one attached hydrogen (secondary N) is 1. The molecule has 7 heteroatoms. The van der Waals surface area contributed by atoms with Crippen molar-refractivity contribution < 1.29 is 9.90 Å². The Hall–Kier alpha value is -2.10. The Morgan fingerprint density at radius 3 is 2.75 bits per heavy atom. The quantitative estimate of drug-likeness (QED) is 0.820. The van der Waals surface area contributed by atoms with Gasteiger partial charge in [-0.1, -0.05) is 11.6 Å². The molecule has 0 bridgehead atoms. The molecule has 1 aromatic heterocycles. The van der Waals surface area contributed by atoms with Gasteiger partial charge in [-0.3, -0.25) is 0 Å². The van der Waals surface area contributed by atoms with Crippen molar-refractivity contribution in [3.8, 4) is 6.07 Å². The summed E-state index contributed by atoms with van der Waals surface area (Å²) in [6, 6.07) is 9.67. The summed E-state index contributed by atoms with van der Waals surface area (Å²) >= 11 is 9.08. The number of carboxylic acid groups (broad SMARTS) is 1. The van der Waals surface area contributed by atoms with E-state index in [9.17, 15) is 4.79 Å². The average molecular weight is 353 g/mol. The summed E-state index contributed by atoms with van der Waals surface area (Å²) in [6.45, 7) is 0. The predicted octanol–water partition coefficient (Wildman–Crippen LogP) is 3.81. The van der Waals surface area contributed by atoms with Crippen molar-refractivity contribution in [3.05, 3.63) is 51.1 Å². The number of rotatable bonds is 3. The SMILES string of the molecule is N#Cc1ccc(Nc2nc(Cl)ccc2C(=O)O)c(Br)c1. The van der Waals surface area contributed by atoms with E-state index in [1.165, 1.54) is 12.1 Å². The molecule has 0 saturated carbocycles. The fourth-order valence-corrected chi connectivity index (χ4v) is 2.14. The van der Waals surface area contributed by atoms with Gasteiger partial charge in [0.2, 0.25) is 0 Å². The Balaban J connectivity index is 2.42. The number of aromatic nitrogens is 1. The van der Waals surface area contributed by atoms with E-state index in [1.54, 1.807) is 18.2 Å². The van der Waals surface area contributed by atoms with E-state index >= 15 is 0 Å². The molecule has 20 heavy (non-hydrogen) atoms. The number of nitrogens with zero attached hydrogens (tertiary/aromatic N) is 2. The van der Waals surface area contributed by atoms with Gasteiger partial charge in [-0.05, 0) is 46.3 Å². The number of carboxylic acids is 1. The summed E-state index contributed by atoms with van der Waals surface area (Å²) in [5.74, 6) is -0.975. The van der Waals surface area contributed by atoms with Crippen molar-refractivity contribution in [1.29, 1.82) is 5.26 Å². The average Bonchev–Trinajstić information content (AvgIpc) is 2.40. The number of anilines is 2. The summed E-state index contributed by atoms with van der Waals surface area (Å²) in [5.41, 5.74) is 1.08. The van der Waals surface area contributed by atoms with E-state index in [-0.39, 0.29) is 16.5 Å². The van der Waals surface area contributed by atoms with E-state index in [0.717, 1.165) is 0 Å². The van der Waals surface area contributed by atoms with E-state index in [4.69, 9.17) is 22.0 Å². The first-order valence-electron chi connectivity index (χ1n) is 5.38. The third-order valence-electron chi connectivity index (χ3n) is 2.44. The predicted molar refractivity (Wildman–Crippen MR) is 78.3 cm³/mol. The molecule has 0 aliphatic rings. The second-order valence-corrected chi connectivity index (χ2v) is 5.01. The van der Waals surface area contributed by atoms with Gasteiger partial charge in [-0.15, -0.1) is 0 Å². The Labute approximate surface area is 128 Å². The van der Waals surface area contributed by atoms with Gasteiger partial charge in [-0.2, -0.15) is 5.26 Å². The first kappa shape index (κ1) is 14.3. The Morgan fingerprint density at radius 1 is 1.40 bits per heavy atom. The number of nitriles is 1. The molecular weight excluding hydrogens is 346 g/mol. The molecule has 2 rings (SSSR count). The van der Waals surface area contributed by atoms with Crippen LogP contribution in [-0.4, -0.2) is 16.1 Å². The van der Waals surface area contributed by atoms with Gasteiger partial charge in [-0.25, -0.2) is 9.78 Å². The van der Waals surface area contributed by atoms with Gasteiger partial charge >= 0.3 is 5.97 Å². The fourth-order valence-electron chi connectivity index (χ4n) is 1.52. The normalized spacial score (nSPS) is 9.85. The number of hydrogen-bond acceptors (Lipinski definition) is 4. The number of carbonyl (C=O) groups is 1. The van der Waals surface area contributed by atoms with Gasteiger partial charge in [0.1, 0.15) is 16.5 Å². The maximum atomic E-state index is 11.1. The number of pyridine rings is 1. The number of aromatic carboxylic acids is 1. The van der Waals surface area contributed by atoms with Crippen LogP contribution in [0.1, 0.15) is 15.9 Å². The highest BCUT2D eigenvalue weighted by Gasteiger charge is 2.13. The molecule has 2 aromatic rings. The fraction of sp³-hybridized carbons (Fsp3) is 0. The van der Waals surface area contributed by atoms with Crippen molar-refractivity contribution >= 4 is 45.0 Å². The van der Waals surface area contributed by atoms with Crippen LogP contribution in [0, 0.1) is 11.3 Å². The molecule has 2 N–H and O–H groups in total. The van der Waals surface area contributed by atoms with E-state index in [1.807, 2.05) is 6.07 Å². The smallest absolute Gasteiger partial charge is 0.339 e. The molecule has 0 unspecified atom stereocenters. The molecule has 5 nitrogen and oxygen atoms in total. The lowest BCUT2D eigenvalue weighted by molar-refractivity contribution is 0.0697. The van der Waals surface area contributed by atoms with E-state index in [0.29, 0.717) is 15.7 Å². The van der Waals surface area contributed by atoms with Crippen LogP contribution in [0.3, 0.4) is 0 Å². The molecule has 1 aromatic carbocycles. The zero-order valence-electron chi connectivity index (χ0n) is 9.89. The van der Waals surface area contributed by atoms with Gasteiger partial charge in [0.25, 0.3) is 0 Å². The van der Waals surface area contributed by atoms with Crippen LogP contribution >= 0.6 is 27.5 Å². The van der Waals surface area contributed by atoms with Crippen LogP contribution < -0.4 is 5.32 Å². The summed E-state index contributed by atoms with van der Waals surface area (Å²) in [7, 11) is 0. The highest BCUT2D eigenvalue weighted by molar-refractivity contribution is 9.10. The molecule has 0 atom stereocenters. The Kier molecular flexibility index (Phi) is 4.23. The molecule has 0 fully saturated rings. The van der Waals surface area contributed by atoms with Crippen LogP contribution in [0.5, 0.6) is 0 Å². The Morgan fingerprint density at radius 2 is 2.15 bits per heavy atom. The molecular formula is C13H7BrClN3O2. The van der Waals surface area contributed by atoms with E-state index < -0.39 is 5.97 Å². The second-order valence-electron chi connectivity index (χ2n) is 3.77. The first-order valence-corrected chi connectivity index (χ1v) is 6.55. The summed E-state index contributed by atoms with van der Waals surface area (Å²) in [6.07, 6.45) is 0. The molecule has 0 aliphatic carbocycles. The highest BCUT2D eigenvalue weighted by Crippen LogP contribution is 2.28. The standard InChI is InChI=1S/C13H7BrClN3O2/c14-9-5-7(6-16)1-3-10(9)17-12-8(13(19)20)2-4-11(15)18-12/h1-5H,(H,17,18)(H,19,20). The first-order chi connectivity index (χ1) is 9.51. The molecule has 0 saturated heterocycles. The van der Waals surface area contributed by atoms with Crippen LogP contribution in [0.2, 0.25) is 5.15 Å². The largest absolute Gasteiger partial charge is 0.478 e. The highest BCUT2D eigenvalue weighted by atomic mass is 79.9.